The summed E-state index contributed by atoms with van der Waals surface area (Å²) in [6.07, 6.45) is 5.35. The van der Waals surface area contributed by atoms with Crippen molar-refractivity contribution in [3.8, 4) is 0 Å². The molecule has 35 heavy (non-hydrogen) atoms. The number of ether oxygens (including phenoxy) is 1. The number of rotatable bonds is 6. The Balaban J connectivity index is 1.34. The van der Waals surface area contributed by atoms with E-state index >= 15 is 0 Å². The number of nitrogens with zero attached hydrogens (tertiary/aromatic N) is 2. The fourth-order valence-corrected chi connectivity index (χ4v) is 5.32. The van der Waals surface area contributed by atoms with Crippen molar-refractivity contribution in [2.45, 2.75) is 32.2 Å². The van der Waals surface area contributed by atoms with Crippen molar-refractivity contribution in [2.75, 3.05) is 13.7 Å². The number of esters is 1. The average molecular weight is 490 g/mol. The van der Waals surface area contributed by atoms with Crippen LogP contribution in [-0.2, 0) is 16.1 Å². The molecule has 1 amide bonds. The first-order valence-corrected chi connectivity index (χ1v) is 12.4. The highest BCUT2D eigenvalue weighted by Crippen LogP contribution is 2.31. The quantitative estimate of drug-likeness (QED) is 0.358. The molecule has 1 saturated carbocycles. The normalized spacial score (nSPS) is 18.0. The number of hydrogen-bond donors (Lipinski definition) is 1. The number of benzene rings is 2. The van der Waals surface area contributed by atoms with Gasteiger partial charge in [-0.3, -0.25) is 14.6 Å². The van der Waals surface area contributed by atoms with E-state index in [0.717, 1.165) is 53.2 Å². The Labute approximate surface area is 209 Å². The summed E-state index contributed by atoms with van der Waals surface area (Å²) in [5.74, 6) is 0.00304. The second-order valence-electron chi connectivity index (χ2n) is 9.25. The third-order valence-electron chi connectivity index (χ3n) is 7.03. The Hall–Kier alpha value is -3.38. The van der Waals surface area contributed by atoms with Gasteiger partial charge in [-0.25, -0.2) is 0 Å². The van der Waals surface area contributed by atoms with E-state index in [1.54, 1.807) is 6.07 Å². The number of para-hydroxylation sites is 1. The number of amides is 1. The molecule has 2 aromatic heterocycles. The summed E-state index contributed by atoms with van der Waals surface area (Å²) in [6.45, 7) is 1.10. The topological polar surface area (TPSA) is 73.2 Å². The van der Waals surface area contributed by atoms with Gasteiger partial charge in [-0.1, -0.05) is 41.9 Å². The van der Waals surface area contributed by atoms with Crippen LogP contribution in [0.4, 0.5) is 0 Å². The molecule has 1 aliphatic carbocycles. The van der Waals surface area contributed by atoms with Crippen molar-refractivity contribution < 1.29 is 14.3 Å². The maximum absolute atomic E-state index is 13.3. The summed E-state index contributed by atoms with van der Waals surface area (Å²) in [6, 6.07) is 17.8. The molecule has 180 valence electrons. The van der Waals surface area contributed by atoms with E-state index in [2.05, 4.69) is 11.4 Å². The molecule has 1 fully saturated rings. The predicted octanol–water partition coefficient (Wildman–Crippen LogP) is 5.60. The van der Waals surface area contributed by atoms with Gasteiger partial charge < -0.3 is 14.6 Å². The molecule has 0 unspecified atom stereocenters. The van der Waals surface area contributed by atoms with Crippen molar-refractivity contribution in [2.24, 2.45) is 11.8 Å². The molecule has 0 atom stereocenters. The van der Waals surface area contributed by atoms with Crippen LogP contribution in [0.15, 0.2) is 60.8 Å². The number of carbonyl (C=O) groups excluding carboxylic acids is 2. The molecule has 4 aromatic rings. The summed E-state index contributed by atoms with van der Waals surface area (Å²) in [5, 5.41) is 5.58. The number of halogens is 1. The molecule has 0 radical (unpaired) electrons. The van der Waals surface area contributed by atoms with Crippen LogP contribution in [0.25, 0.3) is 21.8 Å². The highest BCUT2D eigenvalue weighted by atomic mass is 35.5. The minimum absolute atomic E-state index is 0.0258. The largest absolute Gasteiger partial charge is 0.469 e. The lowest BCUT2D eigenvalue weighted by atomic mass is 9.82. The Kier molecular flexibility index (Phi) is 6.73. The van der Waals surface area contributed by atoms with Crippen LogP contribution < -0.4 is 5.32 Å². The maximum Gasteiger partial charge on any atom is 0.308 e. The molecule has 1 aliphatic rings. The van der Waals surface area contributed by atoms with Gasteiger partial charge in [0.05, 0.1) is 46.9 Å². The molecular weight excluding hydrogens is 462 g/mol. The molecule has 2 aromatic carbocycles. The smallest absolute Gasteiger partial charge is 0.308 e. The molecule has 7 heteroatoms. The van der Waals surface area contributed by atoms with Gasteiger partial charge in [0.1, 0.15) is 0 Å². The highest BCUT2D eigenvalue weighted by Gasteiger charge is 2.27. The van der Waals surface area contributed by atoms with Crippen molar-refractivity contribution >= 4 is 45.3 Å². The molecule has 2 heterocycles. The first-order chi connectivity index (χ1) is 17.0. The lowest BCUT2D eigenvalue weighted by molar-refractivity contribution is -0.146. The van der Waals surface area contributed by atoms with Crippen LogP contribution in [0, 0.1) is 11.8 Å². The van der Waals surface area contributed by atoms with Gasteiger partial charge in [0.2, 0.25) is 0 Å². The minimum Gasteiger partial charge on any atom is -0.469 e. The van der Waals surface area contributed by atoms with E-state index in [0.29, 0.717) is 29.6 Å². The van der Waals surface area contributed by atoms with E-state index in [-0.39, 0.29) is 17.8 Å². The van der Waals surface area contributed by atoms with Crippen molar-refractivity contribution in [3.63, 3.8) is 0 Å². The van der Waals surface area contributed by atoms with Crippen LogP contribution in [0.2, 0.25) is 5.02 Å². The van der Waals surface area contributed by atoms with Crippen molar-refractivity contribution in [1.82, 2.24) is 14.9 Å². The molecule has 0 bridgehead atoms. The lowest BCUT2D eigenvalue weighted by Crippen LogP contribution is -2.33. The lowest BCUT2D eigenvalue weighted by Gasteiger charge is -2.27. The summed E-state index contributed by atoms with van der Waals surface area (Å²) < 4.78 is 6.91. The fraction of sp³-hybridized carbons (Fsp3) is 0.321. The molecule has 6 nitrogen and oxygen atoms in total. The van der Waals surface area contributed by atoms with Gasteiger partial charge >= 0.3 is 5.97 Å². The zero-order valence-electron chi connectivity index (χ0n) is 19.7. The van der Waals surface area contributed by atoms with E-state index in [1.165, 1.54) is 7.11 Å². The first-order valence-electron chi connectivity index (χ1n) is 12.0. The number of methoxy groups -OCH3 is 1. The number of hydrogen-bond acceptors (Lipinski definition) is 4. The van der Waals surface area contributed by atoms with Gasteiger partial charge in [-0.2, -0.15) is 0 Å². The summed E-state index contributed by atoms with van der Waals surface area (Å²) in [7, 11) is 1.44. The Bertz CT molecular complexity index is 1390. The zero-order valence-corrected chi connectivity index (χ0v) is 20.4. The highest BCUT2D eigenvalue weighted by molar-refractivity contribution is 6.35. The SMILES string of the molecule is COC(=O)C1CCC(CNC(=O)c2c(Cl)ccc3ccn(Cc4ccc5ccccc5n4)c23)CC1. The molecular formula is C28H28ClN3O3. The van der Waals surface area contributed by atoms with Gasteiger partial charge in [-0.05, 0) is 55.9 Å². The van der Waals surface area contributed by atoms with Gasteiger partial charge in [0.15, 0.2) is 0 Å². The summed E-state index contributed by atoms with van der Waals surface area (Å²) in [4.78, 5) is 29.9. The zero-order chi connectivity index (χ0) is 24.4. The van der Waals surface area contributed by atoms with Gasteiger partial charge in [0, 0.05) is 23.5 Å². The number of aromatic nitrogens is 2. The Morgan fingerprint density at radius 1 is 1.03 bits per heavy atom. The van der Waals surface area contributed by atoms with Crippen LogP contribution in [-0.4, -0.2) is 35.1 Å². The third kappa shape index (κ3) is 4.89. The van der Waals surface area contributed by atoms with Gasteiger partial charge in [0.25, 0.3) is 5.91 Å². The fourth-order valence-electron chi connectivity index (χ4n) is 5.08. The van der Waals surface area contributed by atoms with Crippen LogP contribution in [0.3, 0.4) is 0 Å². The molecule has 5 rings (SSSR count). The Morgan fingerprint density at radius 3 is 2.60 bits per heavy atom. The summed E-state index contributed by atoms with van der Waals surface area (Å²) >= 11 is 6.56. The second kappa shape index (κ2) is 10.1. The van der Waals surface area contributed by atoms with Crippen LogP contribution >= 0.6 is 11.6 Å². The van der Waals surface area contributed by atoms with E-state index < -0.39 is 0 Å². The monoisotopic (exact) mass is 489 g/mol. The second-order valence-corrected chi connectivity index (χ2v) is 9.66. The third-order valence-corrected chi connectivity index (χ3v) is 7.34. The van der Waals surface area contributed by atoms with Crippen LogP contribution in [0.5, 0.6) is 0 Å². The van der Waals surface area contributed by atoms with Gasteiger partial charge in [-0.15, -0.1) is 0 Å². The molecule has 0 spiro atoms. The number of pyridine rings is 1. The molecule has 1 N–H and O–H groups in total. The minimum atomic E-state index is -0.179. The first kappa shape index (κ1) is 23.4. The number of nitrogens with one attached hydrogen (secondary N) is 1. The van der Waals surface area contributed by atoms with Crippen molar-refractivity contribution in [3.05, 3.63) is 77.1 Å². The molecule has 0 aliphatic heterocycles. The maximum atomic E-state index is 13.3. The van der Waals surface area contributed by atoms with E-state index in [1.807, 2.05) is 53.2 Å². The van der Waals surface area contributed by atoms with E-state index in [4.69, 9.17) is 21.3 Å². The van der Waals surface area contributed by atoms with E-state index in [9.17, 15) is 9.59 Å². The predicted molar refractivity (Wildman–Crippen MR) is 138 cm³/mol. The number of fused-ring (bicyclic) bond motifs is 2. The number of carbonyl (C=O) groups is 2. The van der Waals surface area contributed by atoms with Crippen LogP contribution in [0.1, 0.15) is 41.7 Å². The summed E-state index contributed by atoms with van der Waals surface area (Å²) in [5.41, 5.74) is 3.15. The van der Waals surface area contributed by atoms with Crippen molar-refractivity contribution in [1.29, 1.82) is 0 Å². The standard InChI is InChI=1S/C28H28ClN3O3/c1-35-28(34)21-8-6-18(7-9-21)16-30-27(33)25-23(29)13-11-20-14-15-32(26(20)25)17-22-12-10-19-4-2-3-5-24(19)31-22/h2-5,10-15,18,21H,6-9,16-17H2,1H3,(H,30,33). The average Bonchev–Trinajstić information content (AvgIpc) is 3.29. The Morgan fingerprint density at radius 2 is 1.80 bits per heavy atom. The molecule has 0 saturated heterocycles.